The molecule has 2 rings (SSSR count). The van der Waals surface area contributed by atoms with Gasteiger partial charge in [-0.2, -0.15) is 0 Å². The van der Waals surface area contributed by atoms with Gasteiger partial charge in [-0.15, -0.1) is 0 Å². The Morgan fingerprint density at radius 1 is 1.05 bits per heavy atom. The molecule has 1 unspecified atom stereocenters. The van der Waals surface area contributed by atoms with Gasteiger partial charge in [0.05, 0.1) is 13.2 Å². The van der Waals surface area contributed by atoms with Gasteiger partial charge < -0.3 is 10.1 Å². The van der Waals surface area contributed by atoms with Crippen LogP contribution < -0.4 is 10.1 Å². The van der Waals surface area contributed by atoms with Crippen LogP contribution in [0, 0.1) is 13.8 Å². The number of anilines is 1. The molecule has 0 aliphatic heterocycles. The second-order valence-corrected chi connectivity index (χ2v) is 6.04. The number of nitrogens with one attached hydrogen (secondary N) is 1. The second kappa shape index (κ2) is 6.31. The van der Waals surface area contributed by atoms with E-state index in [1.165, 1.54) is 16.7 Å². The van der Waals surface area contributed by atoms with Crippen LogP contribution >= 0.6 is 15.9 Å². The van der Waals surface area contributed by atoms with Crippen LogP contribution in [0.2, 0.25) is 0 Å². The van der Waals surface area contributed by atoms with Crippen LogP contribution in [0.3, 0.4) is 0 Å². The Kier molecular flexibility index (Phi) is 4.71. The Labute approximate surface area is 129 Å². The fraction of sp³-hybridized carbons (Fsp3) is 0.294. The van der Waals surface area contributed by atoms with E-state index in [1.807, 2.05) is 6.07 Å². The molecule has 0 radical (unpaired) electrons. The molecule has 0 bridgehead atoms. The van der Waals surface area contributed by atoms with Gasteiger partial charge in [-0.1, -0.05) is 33.6 Å². The average molecular weight is 334 g/mol. The van der Waals surface area contributed by atoms with Crippen LogP contribution in [0.25, 0.3) is 0 Å². The zero-order valence-corrected chi connectivity index (χ0v) is 13.9. The Morgan fingerprint density at radius 2 is 1.80 bits per heavy atom. The quantitative estimate of drug-likeness (QED) is 0.825. The minimum atomic E-state index is 0.179. The highest BCUT2D eigenvalue weighted by Gasteiger charge is 2.12. The molecule has 1 N–H and O–H groups in total. The molecule has 3 heteroatoms. The van der Waals surface area contributed by atoms with Gasteiger partial charge in [0.1, 0.15) is 5.75 Å². The Bertz CT molecular complexity index is 590. The number of benzene rings is 2. The Morgan fingerprint density at radius 3 is 2.45 bits per heavy atom. The predicted octanol–water partition coefficient (Wildman–Crippen LogP) is 5.25. The summed E-state index contributed by atoms with van der Waals surface area (Å²) in [4.78, 5) is 0. The van der Waals surface area contributed by atoms with Crippen molar-refractivity contribution in [2.75, 3.05) is 12.4 Å². The van der Waals surface area contributed by atoms with Crippen LogP contribution in [0.5, 0.6) is 5.75 Å². The number of rotatable bonds is 4. The molecule has 0 amide bonds. The molecule has 0 heterocycles. The summed E-state index contributed by atoms with van der Waals surface area (Å²) < 4.78 is 6.54. The van der Waals surface area contributed by atoms with Gasteiger partial charge >= 0.3 is 0 Å². The normalized spacial score (nSPS) is 12.1. The lowest BCUT2D eigenvalue weighted by Crippen LogP contribution is -2.08. The molecule has 1 atom stereocenters. The van der Waals surface area contributed by atoms with Crippen LogP contribution in [-0.4, -0.2) is 7.11 Å². The molecule has 20 heavy (non-hydrogen) atoms. The first-order valence-electron chi connectivity index (χ1n) is 6.68. The van der Waals surface area contributed by atoms with Crippen molar-refractivity contribution in [2.24, 2.45) is 0 Å². The van der Waals surface area contributed by atoms with Crippen molar-refractivity contribution in [2.45, 2.75) is 26.8 Å². The van der Waals surface area contributed by atoms with E-state index in [1.54, 1.807) is 7.11 Å². The summed E-state index contributed by atoms with van der Waals surface area (Å²) in [6, 6.07) is 12.8. The first kappa shape index (κ1) is 14.9. The van der Waals surface area contributed by atoms with Gasteiger partial charge in [0.2, 0.25) is 0 Å². The fourth-order valence-corrected chi connectivity index (χ4v) is 2.95. The molecule has 2 nitrogen and oxygen atoms in total. The van der Waals surface area contributed by atoms with Gasteiger partial charge in [-0.25, -0.2) is 0 Å². The third kappa shape index (κ3) is 3.54. The maximum Gasteiger partial charge on any atom is 0.124 e. The molecule has 106 valence electrons. The molecule has 0 aliphatic carbocycles. The lowest BCUT2D eigenvalue weighted by atomic mass is 10.0. The van der Waals surface area contributed by atoms with E-state index in [2.05, 4.69) is 72.3 Å². The summed E-state index contributed by atoms with van der Waals surface area (Å²) in [7, 11) is 1.71. The van der Waals surface area contributed by atoms with Crippen molar-refractivity contribution >= 4 is 21.6 Å². The van der Waals surface area contributed by atoms with Gasteiger partial charge in [-0.3, -0.25) is 0 Å². The maximum absolute atomic E-state index is 5.46. The summed E-state index contributed by atoms with van der Waals surface area (Å²) in [6.45, 7) is 6.33. The molecule has 0 aliphatic rings. The minimum absolute atomic E-state index is 0.179. The molecule has 2 aromatic carbocycles. The zero-order chi connectivity index (χ0) is 14.7. The van der Waals surface area contributed by atoms with Crippen molar-refractivity contribution < 1.29 is 4.74 Å². The molecular weight excluding hydrogens is 314 g/mol. The topological polar surface area (TPSA) is 21.3 Å². The summed E-state index contributed by atoms with van der Waals surface area (Å²) >= 11 is 3.53. The van der Waals surface area contributed by atoms with E-state index >= 15 is 0 Å². The zero-order valence-electron chi connectivity index (χ0n) is 12.3. The number of hydrogen-bond donors (Lipinski definition) is 1. The van der Waals surface area contributed by atoms with Gasteiger partial charge in [0, 0.05) is 15.7 Å². The lowest BCUT2D eigenvalue weighted by Gasteiger charge is -2.19. The van der Waals surface area contributed by atoms with Crippen molar-refractivity contribution in [1.29, 1.82) is 0 Å². The Hall–Kier alpha value is -1.48. The molecule has 0 spiro atoms. The monoisotopic (exact) mass is 333 g/mol. The van der Waals surface area contributed by atoms with Gasteiger partial charge in [-0.05, 0) is 50.6 Å². The van der Waals surface area contributed by atoms with Crippen molar-refractivity contribution in [1.82, 2.24) is 0 Å². The van der Waals surface area contributed by atoms with Crippen molar-refractivity contribution in [3.63, 3.8) is 0 Å². The van der Waals surface area contributed by atoms with Gasteiger partial charge in [0.15, 0.2) is 0 Å². The van der Waals surface area contributed by atoms with E-state index in [-0.39, 0.29) is 6.04 Å². The molecule has 0 fully saturated rings. The van der Waals surface area contributed by atoms with E-state index < -0.39 is 0 Å². The van der Waals surface area contributed by atoms with Crippen LogP contribution in [-0.2, 0) is 0 Å². The fourth-order valence-electron chi connectivity index (χ4n) is 2.34. The first-order chi connectivity index (χ1) is 9.49. The van der Waals surface area contributed by atoms with Crippen LogP contribution in [0.1, 0.15) is 29.7 Å². The summed E-state index contributed by atoms with van der Waals surface area (Å²) in [6.07, 6.45) is 0. The SMILES string of the molecule is COc1ccc(C)cc1C(C)Nc1cc(C)cc(Br)c1. The second-order valence-electron chi connectivity index (χ2n) is 5.13. The number of hydrogen-bond acceptors (Lipinski definition) is 2. The third-order valence-electron chi connectivity index (χ3n) is 3.28. The lowest BCUT2D eigenvalue weighted by molar-refractivity contribution is 0.408. The molecule has 2 aromatic rings. The number of methoxy groups -OCH3 is 1. The summed E-state index contributed by atoms with van der Waals surface area (Å²) in [5.41, 5.74) is 4.74. The highest BCUT2D eigenvalue weighted by molar-refractivity contribution is 9.10. The van der Waals surface area contributed by atoms with Crippen molar-refractivity contribution in [3.05, 3.63) is 57.6 Å². The van der Waals surface area contributed by atoms with E-state index in [4.69, 9.17) is 4.74 Å². The number of halogens is 1. The van der Waals surface area contributed by atoms with Crippen LogP contribution in [0.4, 0.5) is 5.69 Å². The summed E-state index contributed by atoms with van der Waals surface area (Å²) in [5, 5.41) is 3.53. The first-order valence-corrected chi connectivity index (χ1v) is 7.47. The average Bonchev–Trinajstić information content (AvgIpc) is 2.37. The van der Waals surface area contributed by atoms with Gasteiger partial charge in [0.25, 0.3) is 0 Å². The largest absolute Gasteiger partial charge is 0.496 e. The maximum atomic E-state index is 5.46. The van der Waals surface area contributed by atoms with E-state index in [0.717, 1.165) is 15.9 Å². The van der Waals surface area contributed by atoms with Crippen LogP contribution in [0.15, 0.2) is 40.9 Å². The minimum Gasteiger partial charge on any atom is -0.496 e. The smallest absolute Gasteiger partial charge is 0.124 e. The molecule has 0 saturated carbocycles. The standard InChI is InChI=1S/C17H20BrNO/c1-11-5-6-17(20-4)16(9-11)13(3)19-15-8-12(2)7-14(18)10-15/h5-10,13,19H,1-4H3. The highest BCUT2D eigenvalue weighted by Crippen LogP contribution is 2.29. The van der Waals surface area contributed by atoms with Crippen molar-refractivity contribution in [3.8, 4) is 5.75 Å². The number of aryl methyl sites for hydroxylation is 2. The molecule has 0 aromatic heterocycles. The predicted molar refractivity (Wildman–Crippen MR) is 88.6 cm³/mol. The Balaban J connectivity index is 2.27. The number of ether oxygens (including phenoxy) is 1. The molecule has 0 saturated heterocycles. The molecular formula is C17H20BrNO. The van der Waals surface area contributed by atoms with E-state index in [9.17, 15) is 0 Å². The summed E-state index contributed by atoms with van der Waals surface area (Å²) in [5.74, 6) is 0.919. The van der Waals surface area contributed by atoms with E-state index in [0.29, 0.717) is 0 Å². The highest BCUT2D eigenvalue weighted by atomic mass is 79.9. The third-order valence-corrected chi connectivity index (χ3v) is 3.73.